The minimum absolute atomic E-state index is 0.195. The molecule has 0 radical (unpaired) electrons. The third kappa shape index (κ3) is 2.96. The number of nitrogens with two attached hydrogens (primary N) is 1. The van der Waals surface area contributed by atoms with Gasteiger partial charge < -0.3 is 15.1 Å². The molecule has 2 N–H and O–H groups in total. The summed E-state index contributed by atoms with van der Waals surface area (Å²) in [6.45, 7) is 0.392. The molecule has 1 fully saturated rings. The van der Waals surface area contributed by atoms with Crippen molar-refractivity contribution in [2.75, 3.05) is 10.6 Å². The van der Waals surface area contributed by atoms with E-state index in [4.69, 9.17) is 10.2 Å². The topological polar surface area (TPSA) is 55.3 Å². The summed E-state index contributed by atoms with van der Waals surface area (Å²) in [5.74, 6) is 0.687. The van der Waals surface area contributed by atoms with Crippen molar-refractivity contribution in [3.05, 3.63) is 42.1 Å². The molecule has 112 valence electrons. The van der Waals surface area contributed by atoms with Crippen LogP contribution >= 0.6 is 0 Å². The van der Waals surface area contributed by atoms with Crippen LogP contribution < -0.4 is 10.6 Å². The first-order chi connectivity index (χ1) is 9.95. The molecule has 0 aliphatic heterocycles. The summed E-state index contributed by atoms with van der Waals surface area (Å²) < 4.78 is 43.7. The van der Waals surface area contributed by atoms with Gasteiger partial charge in [-0.1, -0.05) is 0 Å². The number of hydrogen-bond donors (Lipinski definition) is 1. The van der Waals surface area contributed by atoms with Crippen LogP contribution in [-0.2, 0) is 12.7 Å². The maximum Gasteiger partial charge on any atom is 0.433 e. The van der Waals surface area contributed by atoms with Crippen LogP contribution in [-0.4, -0.2) is 11.0 Å². The van der Waals surface area contributed by atoms with Gasteiger partial charge in [-0.05, 0) is 31.0 Å². The minimum Gasteiger partial charge on any atom is -0.467 e. The van der Waals surface area contributed by atoms with Gasteiger partial charge in [0, 0.05) is 6.04 Å². The van der Waals surface area contributed by atoms with Crippen molar-refractivity contribution in [3.63, 3.8) is 0 Å². The van der Waals surface area contributed by atoms with E-state index in [1.54, 1.807) is 12.1 Å². The highest BCUT2D eigenvalue weighted by molar-refractivity contribution is 5.68. The number of aromatic nitrogens is 1. The second-order valence-corrected chi connectivity index (χ2v) is 5.06. The zero-order valence-corrected chi connectivity index (χ0v) is 11.1. The number of nitrogen functional groups attached to an aromatic ring is 1. The Balaban J connectivity index is 1.95. The Labute approximate surface area is 119 Å². The average molecular weight is 297 g/mol. The zero-order valence-electron chi connectivity index (χ0n) is 11.1. The van der Waals surface area contributed by atoms with Gasteiger partial charge in [-0.15, -0.1) is 0 Å². The van der Waals surface area contributed by atoms with Crippen molar-refractivity contribution in [1.29, 1.82) is 0 Å². The molecule has 0 saturated heterocycles. The molecule has 0 unspecified atom stereocenters. The maximum atomic E-state index is 12.8. The van der Waals surface area contributed by atoms with E-state index >= 15 is 0 Å². The number of nitrogens with zero attached hydrogens (tertiary/aromatic N) is 2. The first-order valence-corrected chi connectivity index (χ1v) is 6.57. The number of furan rings is 1. The summed E-state index contributed by atoms with van der Waals surface area (Å²) in [4.78, 5) is 5.22. The zero-order chi connectivity index (χ0) is 15.0. The van der Waals surface area contributed by atoms with Gasteiger partial charge in [0.15, 0.2) is 0 Å². The molecule has 4 nitrogen and oxygen atoms in total. The van der Waals surface area contributed by atoms with E-state index in [-0.39, 0.29) is 11.7 Å². The SMILES string of the molecule is Nc1cnc(C(F)(F)F)cc1N(Cc1ccco1)C1CC1. The molecule has 2 aromatic rings. The molecule has 21 heavy (non-hydrogen) atoms. The van der Waals surface area contributed by atoms with Gasteiger partial charge in [0.25, 0.3) is 0 Å². The van der Waals surface area contributed by atoms with Crippen molar-refractivity contribution in [2.24, 2.45) is 0 Å². The molecular formula is C14H14F3N3O. The molecule has 1 aliphatic carbocycles. The molecule has 3 rings (SSSR count). The Hall–Kier alpha value is -2.18. The first-order valence-electron chi connectivity index (χ1n) is 6.57. The fourth-order valence-corrected chi connectivity index (χ4v) is 2.23. The smallest absolute Gasteiger partial charge is 0.433 e. The van der Waals surface area contributed by atoms with Crippen LogP contribution in [0.5, 0.6) is 0 Å². The van der Waals surface area contributed by atoms with Gasteiger partial charge in [-0.25, -0.2) is 4.98 Å². The van der Waals surface area contributed by atoms with Crippen molar-refractivity contribution in [3.8, 4) is 0 Å². The van der Waals surface area contributed by atoms with Crippen LogP contribution in [0.3, 0.4) is 0 Å². The summed E-state index contributed by atoms with van der Waals surface area (Å²) in [6.07, 6.45) is -0.0108. The maximum absolute atomic E-state index is 12.8. The summed E-state index contributed by atoms with van der Waals surface area (Å²) in [5, 5.41) is 0. The highest BCUT2D eigenvalue weighted by Gasteiger charge is 2.36. The normalized spacial score (nSPS) is 15.2. The van der Waals surface area contributed by atoms with Gasteiger partial charge >= 0.3 is 6.18 Å². The Morgan fingerprint density at radius 3 is 2.71 bits per heavy atom. The van der Waals surface area contributed by atoms with E-state index in [0.29, 0.717) is 18.0 Å². The van der Waals surface area contributed by atoms with Crippen LogP contribution in [0.25, 0.3) is 0 Å². The Morgan fingerprint density at radius 2 is 2.14 bits per heavy atom. The highest BCUT2D eigenvalue weighted by atomic mass is 19.4. The molecule has 0 amide bonds. The Bertz CT molecular complexity index is 621. The fourth-order valence-electron chi connectivity index (χ4n) is 2.23. The monoisotopic (exact) mass is 297 g/mol. The van der Waals surface area contributed by atoms with Crippen molar-refractivity contribution in [1.82, 2.24) is 4.98 Å². The predicted octanol–water partition coefficient (Wildman–Crippen LogP) is 3.44. The lowest BCUT2D eigenvalue weighted by Crippen LogP contribution is -2.26. The molecule has 1 saturated carbocycles. The van der Waals surface area contributed by atoms with Crippen molar-refractivity contribution >= 4 is 11.4 Å². The van der Waals surface area contributed by atoms with Gasteiger partial charge in [0.05, 0.1) is 30.4 Å². The summed E-state index contributed by atoms with van der Waals surface area (Å²) in [5.41, 5.74) is 5.49. The quantitative estimate of drug-likeness (QED) is 0.939. The highest BCUT2D eigenvalue weighted by Crippen LogP contribution is 2.38. The number of alkyl halides is 3. The van der Waals surface area contributed by atoms with Crippen LogP contribution in [0, 0.1) is 0 Å². The standard InChI is InChI=1S/C14H14F3N3O/c15-14(16,17)13-6-12(11(18)7-19-13)20(9-3-4-9)8-10-2-1-5-21-10/h1-2,5-7,9H,3-4,8,18H2. The van der Waals surface area contributed by atoms with E-state index in [0.717, 1.165) is 25.1 Å². The largest absolute Gasteiger partial charge is 0.467 e. The molecule has 0 bridgehead atoms. The van der Waals surface area contributed by atoms with Gasteiger partial charge in [0.2, 0.25) is 0 Å². The van der Waals surface area contributed by atoms with Gasteiger partial charge in [-0.2, -0.15) is 13.2 Å². The first kappa shape index (κ1) is 13.8. The Kier molecular flexibility index (Phi) is 3.27. The fraction of sp³-hybridized carbons (Fsp3) is 0.357. The summed E-state index contributed by atoms with van der Waals surface area (Å²) >= 11 is 0. The molecular weight excluding hydrogens is 283 g/mol. The molecule has 0 aromatic carbocycles. The third-order valence-electron chi connectivity index (χ3n) is 3.41. The van der Waals surface area contributed by atoms with Crippen LogP contribution in [0.15, 0.2) is 35.1 Å². The molecule has 7 heteroatoms. The van der Waals surface area contributed by atoms with Crippen LogP contribution in [0.2, 0.25) is 0 Å². The van der Waals surface area contributed by atoms with Gasteiger partial charge in [-0.3, -0.25) is 0 Å². The number of halogens is 3. The number of anilines is 2. The van der Waals surface area contributed by atoms with E-state index in [9.17, 15) is 13.2 Å². The molecule has 0 spiro atoms. The average Bonchev–Trinajstić information content (AvgIpc) is 3.13. The second kappa shape index (κ2) is 4.98. The van der Waals surface area contributed by atoms with Gasteiger partial charge in [0.1, 0.15) is 11.5 Å². The Morgan fingerprint density at radius 1 is 1.38 bits per heavy atom. The number of rotatable bonds is 4. The minimum atomic E-state index is -4.48. The van der Waals surface area contributed by atoms with E-state index in [1.807, 2.05) is 4.90 Å². The molecule has 2 aromatic heterocycles. The molecule has 2 heterocycles. The lowest BCUT2D eigenvalue weighted by molar-refractivity contribution is -0.141. The summed E-state index contributed by atoms with van der Waals surface area (Å²) in [6, 6.07) is 4.74. The summed E-state index contributed by atoms with van der Waals surface area (Å²) in [7, 11) is 0. The third-order valence-corrected chi connectivity index (χ3v) is 3.41. The molecule has 0 atom stereocenters. The van der Waals surface area contributed by atoms with Crippen molar-refractivity contribution in [2.45, 2.75) is 31.6 Å². The second-order valence-electron chi connectivity index (χ2n) is 5.06. The molecule has 1 aliphatic rings. The van der Waals surface area contributed by atoms with Crippen molar-refractivity contribution < 1.29 is 17.6 Å². The number of hydrogen-bond acceptors (Lipinski definition) is 4. The van der Waals surface area contributed by atoms with Crippen LogP contribution in [0.1, 0.15) is 24.3 Å². The number of pyridine rings is 1. The lowest BCUT2D eigenvalue weighted by atomic mass is 10.2. The van der Waals surface area contributed by atoms with Crippen LogP contribution in [0.4, 0.5) is 24.5 Å². The predicted molar refractivity (Wildman–Crippen MR) is 71.6 cm³/mol. The lowest BCUT2D eigenvalue weighted by Gasteiger charge is -2.25. The van der Waals surface area contributed by atoms with E-state index in [1.165, 1.54) is 6.26 Å². The van der Waals surface area contributed by atoms with E-state index in [2.05, 4.69) is 4.98 Å². The van der Waals surface area contributed by atoms with E-state index < -0.39 is 11.9 Å².